The van der Waals surface area contributed by atoms with E-state index in [0.29, 0.717) is 23.1 Å². The first-order valence-corrected chi connectivity index (χ1v) is 11.3. The van der Waals surface area contributed by atoms with E-state index in [1.165, 1.54) is 0 Å². The molecule has 3 heterocycles. The third-order valence-electron chi connectivity index (χ3n) is 5.71. The van der Waals surface area contributed by atoms with Gasteiger partial charge >= 0.3 is 0 Å². The van der Waals surface area contributed by atoms with Gasteiger partial charge in [0.1, 0.15) is 11.7 Å². The van der Waals surface area contributed by atoms with E-state index in [1.54, 1.807) is 19.3 Å². The molecule has 184 valence electrons. The van der Waals surface area contributed by atoms with Crippen molar-refractivity contribution < 1.29 is 9.59 Å². The van der Waals surface area contributed by atoms with Crippen LogP contribution in [-0.4, -0.2) is 40.4 Å². The number of rotatable bonds is 7. The molecule has 2 aromatic heterocycles. The molecule has 3 aromatic rings. The summed E-state index contributed by atoms with van der Waals surface area (Å²) in [6.07, 6.45) is 4.93. The Balaban J connectivity index is 0.00000204. The van der Waals surface area contributed by atoms with Crippen molar-refractivity contribution in [3.63, 3.8) is 0 Å². The van der Waals surface area contributed by atoms with Crippen molar-refractivity contribution in [3.05, 3.63) is 63.9 Å². The normalized spacial score (nSPS) is 18.0. The average molecular weight is 547 g/mol. The van der Waals surface area contributed by atoms with Crippen LogP contribution in [0.5, 0.6) is 0 Å². The number of aromatic nitrogens is 2. The topological polar surface area (TPSA) is 98.9 Å². The summed E-state index contributed by atoms with van der Waals surface area (Å²) in [6, 6.07) is 8.71. The van der Waals surface area contributed by atoms with Crippen LogP contribution in [0.25, 0.3) is 11.0 Å². The van der Waals surface area contributed by atoms with Crippen LogP contribution in [0.15, 0.2) is 42.7 Å². The highest BCUT2D eigenvalue weighted by Crippen LogP contribution is 2.22. The summed E-state index contributed by atoms with van der Waals surface area (Å²) >= 11 is 12.2. The lowest BCUT2D eigenvalue weighted by Crippen LogP contribution is -2.49. The largest absolute Gasteiger partial charge is 0.350 e. The fourth-order valence-electron chi connectivity index (χ4n) is 3.99. The highest BCUT2D eigenvalue weighted by molar-refractivity contribution is 6.35. The van der Waals surface area contributed by atoms with E-state index in [1.807, 2.05) is 30.3 Å². The van der Waals surface area contributed by atoms with Crippen LogP contribution in [0.4, 0.5) is 0 Å². The number of hydrogen-bond acceptors (Lipinski definition) is 4. The lowest BCUT2D eigenvalue weighted by molar-refractivity contribution is -0.129. The van der Waals surface area contributed by atoms with Gasteiger partial charge in [-0.3, -0.25) is 9.59 Å². The first kappa shape index (κ1) is 28.2. The van der Waals surface area contributed by atoms with Crippen LogP contribution in [-0.2, 0) is 22.6 Å². The predicted molar refractivity (Wildman–Crippen MR) is 140 cm³/mol. The predicted octanol–water partition coefficient (Wildman–Crippen LogP) is 4.06. The van der Waals surface area contributed by atoms with E-state index in [0.717, 1.165) is 40.9 Å². The Hall–Kier alpha value is -2.03. The van der Waals surface area contributed by atoms with Gasteiger partial charge in [-0.15, -0.1) is 24.8 Å². The minimum absolute atomic E-state index is 0. The molecule has 1 saturated heterocycles. The van der Waals surface area contributed by atoms with E-state index < -0.39 is 6.04 Å². The van der Waals surface area contributed by atoms with Crippen LogP contribution in [0, 0.1) is 5.92 Å². The summed E-state index contributed by atoms with van der Waals surface area (Å²) in [5.74, 6) is -0.0773. The second kappa shape index (κ2) is 12.6. The third kappa shape index (κ3) is 6.99. The van der Waals surface area contributed by atoms with Crippen LogP contribution < -0.4 is 16.0 Å². The monoisotopic (exact) mass is 545 g/mol. The molecule has 2 amide bonds. The third-order valence-corrected chi connectivity index (χ3v) is 6.26. The first-order valence-electron chi connectivity index (χ1n) is 10.6. The fourth-order valence-corrected chi connectivity index (χ4v) is 4.41. The van der Waals surface area contributed by atoms with Crippen LogP contribution in [0.3, 0.4) is 0 Å². The molecule has 3 atom stereocenters. The zero-order valence-corrected chi connectivity index (χ0v) is 21.6. The van der Waals surface area contributed by atoms with Crippen molar-refractivity contribution in [1.82, 2.24) is 25.9 Å². The molecule has 4 rings (SSSR count). The van der Waals surface area contributed by atoms with Crippen molar-refractivity contribution in [2.24, 2.45) is 5.92 Å². The first-order chi connectivity index (χ1) is 15.4. The highest BCUT2D eigenvalue weighted by Gasteiger charge is 2.30. The maximum absolute atomic E-state index is 12.6. The van der Waals surface area contributed by atoms with E-state index in [-0.39, 0.29) is 42.7 Å². The van der Waals surface area contributed by atoms with Gasteiger partial charge in [-0.2, -0.15) is 0 Å². The molecule has 0 spiro atoms. The molecular weight excluding hydrogens is 520 g/mol. The Kier molecular flexibility index (Phi) is 10.5. The van der Waals surface area contributed by atoms with Crippen LogP contribution in [0.1, 0.15) is 24.5 Å². The van der Waals surface area contributed by atoms with Crippen molar-refractivity contribution in [2.45, 2.75) is 38.4 Å². The van der Waals surface area contributed by atoms with E-state index >= 15 is 0 Å². The second-order valence-electron chi connectivity index (χ2n) is 8.22. The average Bonchev–Trinajstić information content (AvgIpc) is 3.39. The molecule has 0 saturated carbocycles. The molecule has 4 N–H and O–H groups in total. The van der Waals surface area contributed by atoms with Gasteiger partial charge in [0.05, 0.1) is 11.1 Å². The number of carbonyl (C=O) groups is 2. The van der Waals surface area contributed by atoms with Crippen LogP contribution in [0.2, 0.25) is 10.0 Å². The van der Waals surface area contributed by atoms with Gasteiger partial charge in [-0.25, -0.2) is 4.98 Å². The Morgan fingerprint density at radius 2 is 2.00 bits per heavy atom. The van der Waals surface area contributed by atoms with Gasteiger partial charge in [-0.05, 0) is 61.6 Å². The number of pyridine rings is 1. The molecule has 0 bridgehead atoms. The summed E-state index contributed by atoms with van der Waals surface area (Å²) in [6.45, 7) is 2.73. The minimum Gasteiger partial charge on any atom is -0.350 e. The number of nitrogens with zero attached hydrogens (tertiary/aromatic N) is 1. The van der Waals surface area contributed by atoms with Crippen molar-refractivity contribution in [3.8, 4) is 0 Å². The number of nitrogens with one attached hydrogen (secondary N) is 4. The molecule has 1 aliphatic rings. The number of amides is 2. The van der Waals surface area contributed by atoms with Gasteiger partial charge in [0, 0.05) is 29.3 Å². The van der Waals surface area contributed by atoms with E-state index in [4.69, 9.17) is 23.2 Å². The SMILES string of the molecule is C[C@H](NC(=O)[C@H]1C[C@H](Cc2cccc(Cl)c2)CN1)C(=O)NCc1cnc2[nH]cc(Cl)c2c1.Cl.Cl. The minimum atomic E-state index is -0.649. The summed E-state index contributed by atoms with van der Waals surface area (Å²) in [4.78, 5) is 32.4. The van der Waals surface area contributed by atoms with Crippen LogP contribution >= 0.6 is 48.0 Å². The quantitative estimate of drug-likeness (QED) is 0.359. The Bertz CT molecular complexity index is 1140. The molecular formula is C23H27Cl4N5O2. The lowest BCUT2D eigenvalue weighted by Gasteiger charge is -2.17. The number of carbonyl (C=O) groups excluding carboxylic acids is 2. The summed E-state index contributed by atoms with van der Waals surface area (Å²) < 4.78 is 0. The van der Waals surface area contributed by atoms with Gasteiger partial charge in [-0.1, -0.05) is 35.3 Å². The highest BCUT2D eigenvalue weighted by atomic mass is 35.5. The standard InChI is InChI=1S/C23H25Cl2N5O2.2ClH/c1-13(22(31)29-11-16-7-18-19(25)12-28-21(18)27-10-16)30-23(32)20-8-15(9-26-20)5-14-3-2-4-17(24)6-14;;/h2-4,6-7,10,12-13,15,20,26H,5,8-9,11H2,1H3,(H,27,28)(H,29,31)(H,30,32);2*1H/t13-,15-,20+;;/m0../s1. The molecule has 7 nitrogen and oxygen atoms in total. The van der Waals surface area contributed by atoms with Crippen molar-refractivity contribution in [2.75, 3.05) is 6.54 Å². The zero-order valence-electron chi connectivity index (χ0n) is 18.4. The number of halogens is 4. The van der Waals surface area contributed by atoms with E-state index in [9.17, 15) is 9.59 Å². The Morgan fingerprint density at radius 1 is 1.21 bits per heavy atom. The molecule has 1 fully saturated rings. The van der Waals surface area contributed by atoms with Gasteiger partial charge in [0.15, 0.2) is 0 Å². The number of hydrogen-bond donors (Lipinski definition) is 4. The zero-order chi connectivity index (χ0) is 22.7. The Labute approximate surface area is 220 Å². The smallest absolute Gasteiger partial charge is 0.242 e. The number of benzene rings is 1. The summed E-state index contributed by atoms with van der Waals surface area (Å²) in [5.41, 5.74) is 2.68. The van der Waals surface area contributed by atoms with E-state index in [2.05, 4.69) is 25.9 Å². The van der Waals surface area contributed by atoms with Gasteiger partial charge in [0.2, 0.25) is 11.8 Å². The Morgan fingerprint density at radius 3 is 2.76 bits per heavy atom. The van der Waals surface area contributed by atoms with Gasteiger partial charge in [0.25, 0.3) is 0 Å². The summed E-state index contributed by atoms with van der Waals surface area (Å²) in [5, 5.41) is 11.0. The maximum Gasteiger partial charge on any atom is 0.242 e. The molecule has 0 aliphatic carbocycles. The second-order valence-corrected chi connectivity index (χ2v) is 9.06. The molecule has 34 heavy (non-hydrogen) atoms. The summed E-state index contributed by atoms with van der Waals surface area (Å²) in [7, 11) is 0. The number of H-pyrrole nitrogens is 1. The number of fused-ring (bicyclic) bond motifs is 1. The lowest BCUT2D eigenvalue weighted by atomic mass is 9.96. The molecule has 0 unspecified atom stereocenters. The molecule has 1 aliphatic heterocycles. The van der Waals surface area contributed by atoms with Crippen molar-refractivity contribution >= 4 is 70.9 Å². The molecule has 1 aromatic carbocycles. The van der Waals surface area contributed by atoms with Gasteiger partial charge < -0.3 is 20.9 Å². The molecule has 0 radical (unpaired) electrons. The maximum atomic E-state index is 12.6. The number of aromatic amines is 1. The molecule has 11 heteroatoms. The fraction of sp³-hybridized carbons (Fsp3) is 0.348. The van der Waals surface area contributed by atoms with Crippen molar-refractivity contribution in [1.29, 1.82) is 0 Å².